The van der Waals surface area contributed by atoms with E-state index in [1.54, 1.807) is 11.3 Å². The number of ether oxygens (including phenoxy) is 1. The molecule has 18 heavy (non-hydrogen) atoms. The van der Waals surface area contributed by atoms with Crippen LogP contribution in [0.25, 0.3) is 4.96 Å². The number of nitrogens with zero attached hydrogens (tertiary/aromatic N) is 2. The summed E-state index contributed by atoms with van der Waals surface area (Å²) in [5.74, 6) is 0. The predicted octanol–water partition coefficient (Wildman–Crippen LogP) is 2.87. The van der Waals surface area contributed by atoms with Crippen molar-refractivity contribution < 1.29 is 4.74 Å². The maximum atomic E-state index is 6.15. The number of halogens is 1. The minimum atomic E-state index is 0.599. The molecule has 0 aliphatic carbocycles. The lowest BCUT2D eigenvalue weighted by molar-refractivity contribution is 0.144. The minimum Gasteiger partial charge on any atom is -0.382 e. The molecule has 0 amide bonds. The Morgan fingerprint density at radius 2 is 2.39 bits per heavy atom. The minimum absolute atomic E-state index is 0.599. The number of hydrogen-bond donors (Lipinski definition) is 1. The van der Waals surface area contributed by atoms with Crippen LogP contribution in [-0.2, 0) is 11.3 Å². The first kappa shape index (κ1) is 13.8. The zero-order chi connectivity index (χ0) is 13.0. The average Bonchev–Trinajstić information content (AvgIpc) is 2.85. The molecule has 6 heteroatoms. The summed E-state index contributed by atoms with van der Waals surface area (Å²) in [5, 5.41) is 6.07. The lowest BCUT2D eigenvalue weighted by Gasteiger charge is -2.05. The number of thiazole rings is 1. The van der Waals surface area contributed by atoms with Gasteiger partial charge in [-0.25, -0.2) is 4.98 Å². The van der Waals surface area contributed by atoms with Gasteiger partial charge >= 0.3 is 0 Å². The van der Waals surface area contributed by atoms with E-state index in [0.717, 1.165) is 43.4 Å². The molecule has 0 saturated carbocycles. The Morgan fingerprint density at radius 1 is 1.56 bits per heavy atom. The fourth-order valence-electron chi connectivity index (χ4n) is 1.84. The molecule has 0 unspecified atom stereocenters. The topological polar surface area (TPSA) is 38.6 Å². The van der Waals surface area contributed by atoms with E-state index in [2.05, 4.69) is 27.0 Å². The molecule has 0 spiro atoms. The molecule has 100 valence electrons. The van der Waals surface area contributed by atoms with E-state index in [0.29, 0.717) is 5.15 Å². The Bertz CT molecular complexity index is 509. The van der Waals surface area contributed by atoms with Gasteiger partial charge < -0.3 is 10.1 Å². The summed E-state index contributed by atoms with van der Waals surface area (Å²) in [4.78, 5) is 5.31. The highest BCUT2D eigenvalue weighted by Crippen LogP contribution is 2.23. The van der Waals surface area contributed by atoms with Gasteiger partial charge in [0.05, 0.1) is 5.69 Å². The van der Waals surface area contributed by atoms with Crippen LogP contribution >= 0.6 is 22.9 Å². The van der Waals surface area contributed by atoms with Crippen molar-refractivity contribution in [1.82, 2.24) is 14.7 Å². The zero-order valence-corrected chi connectivity index (χ0v) is 12.3. The van der Waals surface area contributed by atoms with Crippen LogP contribution in [-0.4, -0.2) is 29.1 Å². The fourth-order valence-corrected chi connectivity index (χ4v) is 3.01. The van der Waals surface area contributed by atoms with Gasteiger partial charge in [-0.1, -0.05) is 11.6 Å². The van der Waals surface area contributed by atoms with Gasteiger partial charge in [-0.15, -0.1) is 11.3 Å². The van der Waals surface area contributed by atoms with E-state index >= 15 is 0 Å². The number of imidazole rings is 1. The molecule has 2 aromatic rings. The van der Waals surface area contributed by atoms with E-state index in [1.807, 2.05) is 6.92 Å². The summed E-state index contributed by atoms with van der Waals surface area (Å²) in [6.45, 7) is 7.33. The standard InChI is InChI=1S/C12H18ClN3OS/c1-3-17-6-4-5-14-7-10-11(13)15-12-16(10)9(2)8-18-12/h8,14H,3-7H2,1-2H3. The van der Waals surface area contributed by atoms with Crippen LogP contribution in [0, 0.1) is 6.92 Å². The molecule has 0 bridgehead atoms. The Labute approximate surface area is 116 Å². The van der Waals surface area contributed by atoms with Gasteiger partial charge in [0.1, 0.15) is 0 Å². The highest BCUT2D eigenvalue weighted by Gasteiger charge is 2.12. The Balaban J connectivity index is 1.91. The number of nitrogens with one attached hydrogen (secondary N) is 1. The molecule has 2 rings (SSSR count). The first-order valence-electron chi connectivity index (χ1n) is 6.13. The smallest absolute Gasteiger partial charge is 0.195 e. The summed E-state index contributed by atoms with van der Waals surface area (Å²) in [5.41, 5.74) is 2.22. The third-order valence-corrected chi connectivity index (χ3v) is 3.97. The molecule has 0 aromatic carbocycles. The van der Waals surface area contributed by atoms with Crippen LogP contribution in [0.2, 0.25) is 5.15 Å². The van der Waals surface area contributed by atoms with Crippen LogP contribution in [0.5, 0.6) is 0 Å². The van der Waals surface area contributed by atoms with Crippen molar-refractivity contribution in [1.29, 1.82) is 0 Å². The van der Waals surface area contributed by atoms with Gasteiger partial charge in [0, 0.05) is 30.8 Å². The first-order valence-corrected chi connectivity index (χ1v) is 7.39. The van der Waals surface area contributed by atoms with Gasteiger partial charge in [0.25, 0.3) is 0 Å². The monoisotopic (exact) mass is 287 g/mol. The summed E-state index contributed by atoms with van der Waals surface area (Å²) in [6, 6.07) is 0. The maximum Gasteiger partial charge on any atom is 0.195 e. The molecule has 2 heterocycles. The van der Waals surface area contributed by atoms with Gasteiger partial charge in [-0.05, 0) is 26.8 Å². The second-order valence-electron chi connectivity index (χ2n) is 4.07. The number of rotatable bonds is 7. The molecule has 0 aliphatic rings. The average molecular weight is 288 g/mol. The molecular weight excluding hydrogens is 270 g/mol. The fraction of sp³-hybridized carbons (Fsp3) is 0.583. The SMILES string of the molecule is CCOCCCNCc1c(Cl)nc2scc(C)n12. The van der Waals surface area contributed by atoms with Crippen molar-refractivity contribution in [3.63, 3.8) is 0 Å². The van der Waals surface area contributed by atoms with Crippen molar-refractivity contribution in [2.75, 3.05) is 19.8 Å². The normalized spacial score (nSPS) is 11.5. The highest BCUT2D eigenvalue weighted by atomic mass is 35.5. The van der Waals surface area contributed by atoms with Crippen molar-refractivity contribution >= 4 is 27.9 Å². The quantitative estimate of drug-likeness (QED) is 0.796. The van der Waals surface area contributed by atoms with Crippen molar-refractivity contribution in [2.45, 2.75) is 26.8 Å². The van der Waals surface area contributed by atoms with Gasteiger partial charge in [0.15, 0.2) is 10.1 Å². The molecule has 0 atom stereocenters. The number of aromatic nitrogens is 2. The maximum absolute atomic E-state index is 6.15. The third kappa shape index (κ3) is 3.03. The number of aryl methyl sites for hydroxylation is 1. The summed E-state index contributed by atoms with van der Waals surface area (Å²) >= 11 is 7.77. The van der Waals surface area contributed by atoms with E-state index in [4.69, 9.17) is 16.3 Å². The number of hydrogen-bond acceptors (Lipinski definition) is 4. The third-order valence-electron chi connectivity index (χ3n) is 2.72. The van der Waals surface area contributed by atoms with Crippen LogP contribution in [0.1, 0.15) is 24.7 Å². The molecule has 4 nitrogen and oxygen atoms in total. The number of fused-ring (bicyclic) bond motifs is 1. The van der Waals surface area contributed by atoms with Gasteiger partial charge in [-0.2, -0.15) is 0 Å². The predicted molar refractivity (Wildman–Crippen MR) is 75.6 cm³/mol. The molecule has 0 radical (unpaired) electrons. The first-order chi connectivity index (χ1) is 8.74. The van der Waals surface area contributed by atoms with E-state index in [-0.39, 0.29) is 0 Å². The molecule has 0 aliphatic heterocycles. The summed E-state index contributed by atoms with van der Waals surface area (Å²) in [7, 11) is 0. The molecular formula is C12H18ClN3OS. The Kier molecular flexibility index (Phi) is 5.00. The molecule has 0 fully saturated rings. The molecule has 2 aromatic heterocycles. The van der Waals surface area contributed by atoms with Crippen molar-refractivity contribution in [2.24, 2.45) is 0 Å². The molecule has 0 saturated heterocycles. The summed E-state index contributed by atoms with van der Waals surface area (Å²) in [6.07, 6.45) is 1.01. The summed E-state index contributed by atoms with van der Waals surface area (Å²) < 4.78 is 7.40. The lowest BCUT2D eigenvalue weighted by atomic mass is 10.4. The zero-order valence-electron chi connectivity index (χ0n) is 10.7. The van der Waals surface area contributed by atoms with E-state index < -0.39 is 0 Å². The molecule has 1 N–H and O–H groups in total. The van der Waals surface area contributed by atoms with Crippen LogP contribution < -0.4 is 5.32 Å². The highest BCUT2D eigenvalue weighted by molar-refractivity contribution is 7.15. The largest absolute Gasteiger partial charge is 0.382 e. The Morgan fingerprint density at radius 3 is 3.17 bits per heavy atom. The van der Waals surface area contributed by atoms with Gasteiger partial charge in [0.2, 0.25) is 0 Å². The van der Waals surface area contributed by atoms with Crippen LogP contribution in [0.3, 0.4) is 0 Å². The lowest BCUT2D eigenvalue weighted by Crippen LogP contribution is -2.17. The van der Waals surface area contributed by atoms with Gasteiger partial charge in [-0.3, -0.25) is 4.40 Å². The van der Waals surface area contributed by atoms with E-state index in [1.165, 1.54) is 5.69 Å². The van der Waals surface area contributed by atoms with Crippen LogP contribution in [0.4, 0.5) is 0 Å². The van der Waals surface area contributed by atoms with Crippen molar-refractivity contribution in [3.8, 4) is 0 Å². The van der Waals surface area contributed by atoms with Crippen LogP contribution in [0.15, 0.2) is 5.38 Å². The Hall–Kier alpha value is -0.620. The van der Waals surface area contributed by atoms with E-state index in [9.17, 15) is 0 Å². The second kappa shape index (κ2) is 6.52. The second-order valence-corrected chi connectivity index (χ2v) is 5.27. The van der Waals surface area contributed by atoms with Crippen molar-refractivity contribution in [3.05, 3.63) is 21.9 Å².